The first-order valence-electron chi connectivity index (χ1n) is 10.9. The van der Waals surface area contributed by atoms with Crippen LogP contribution in [-0.4, -0.2) is 102 Å². The summed E-state index contributed by atoms with van der Waals surface area (Å²) < 4.78 is 6.02. The van der Waals surface area contributed by atoms with E-state index in [1.807, 2.05) is 16.7 Å². The van der Waals surface area contributed by atoms with Crippen molar-refractivity contribution < 1.29 is 19.4 Å². The third kappa shape index (κ3) is 6.06. The Hall–Kier alpha value is -1.38. The lowest BCUT2D eigenvalue weighted by molar-refractivity contribution is -0.139. The molecule has 28 heavy (non-hydrogen) atoms. The zero-order valence-corrected chi connectivity index (χ0v) is 17.1. The molecule has 0 bridgehead atoms. The van der Waals surface area contributed by atoms with E-state index in [1.165, 1.54) is 25.9 Å². The van der Waals surface area contributed by atoms with Crippen LogP contribution in [0.2, 0.25) is 0 Å². The molecule has 1 saturated carbocycles. The topological polar surface area (TPSA) is 85.4 Å². The molecular weight excluding hydrogens is 360 g/mol. The van der Waals surface area contributed by atoms with E-state index >= 15 is 0 Å². The van der Waals surface area contributed by atoms with Crippen molar-refractivity contribution in [3.63, 3.8) is 0 Å². The summed E-state index contributed by atoms with van der Waals surface area (Å²) in [5.74, 6) is -0.792. The number of carboxylic acid groups (broad SMARTS) is 1. The van der Waals surface area contributed by atoms with Crippen molar-refractivity contribution in [1.82, 2.24) is 20.0 Å². The Labute approximate surface area is 168 Å². The Morgan fingerprint density at radius 1 is 1.14 bits per heavy atom. The van der Waals surface area contributed by atoms with Crippen molar-refractivity contribution in [2.45, 2.75) is 63.6 Å². The summed E-state index contributed by atoms with van der Waals surface area (Å²) in [4.78, 5) is 29.7. The number of hydrogen-bond donors (Lipinski definition) is 2. The van der Waals surface area contributed by atoms with Gasteiger partial charge in [0.1, 0.15) is 0 Å². The number of carbonyl (C=O) groups is 2. The number of nitrogens with one attached hydrogen (secondary N) is 1. The van der Waals surface area contributed by atoms with Crippen molar-refractivity contribution in [3.05, 3.63) is 0 Å². The summed E-state index contributed by atoms with van der Waals surface area (Å²) in [6, 6.07) is 0.441. The van der Waals surface area contributed by atoms with Crippen molar-refractivity contribution in [2.75, 3.05) is 52.4 Å². The molecule has 2 amide bonds. The van der Waals surface area contributed by atoms with E-state index in [1.54, 1.807) is 0 Å². The van der Waals surface area contributed by atoms with Crippen LogP contribution in [0.25, 0.3) is 0 Å². The predicted octanol–water partition coefficient (Wildman–Crippen LogP) is 1.21. The minimum atomic E-state index is -0.792. The second kappa shape index (κ2) is 10.4. The van der Waals surface area contributed by atoms with Crippen LogP contribution in [0.15, 0.2) is 0 Å². The third-order valence-electron chi connectivity index (χ3n) is 6.39. The Balaban J connectivity index is 1.27. The molecule has 3 aliphatic rings. The molecule has 160 valence electrons. The first-order chi connectivity index (χ1) is 13.5. The molecule has 2 aliphatic heterocycles. The monoisotopic (exact) mass is 396 g/mol. The highest BCUT2D eigenvalue weighted by Gasteiger charge is 2.35. The van der Waals surface area contributed by atoms with E-state index in [0.717, 1.165) is 58.5 Å². The number of likely N-dealkylation sites (tertiary alicyclic amines) is 2. The average molecular weight is 397 g/mol. The molecule has 0 spiro atoms. The smallest absolute Gasteiger partial charge is 0.317 e. The zero-order chi connectivity index (χ0) is 19.9. The van der Waals surface area contributed by atoms with Gasteiger partial charge in [0.15, 0.2) is 0 Å². The van der Waals surface area contributed by atoms with Crippen LogP contribution in [0.4, 0.5) is 4.79 Å². The molecule has 8 nitrogen and oxygen atoms in total. The number of carboxylic acids is 1. The molecule has 1 aliphatic carbocycles. The lowest BCUT2D eigenvalue weighted by Crippen LogP contribution is -2.57. The molecule has 0 aromatic heterocycles. The van der Waals surface area contributed by atoms with Crippen LogP contribution >= 0.6 is 0 Å². The molecule has 0 radical (unpaired) electrons. The third-order valence-corrected chi connectivity index (χ3v) is 6.39. The van der Waals surface area contributed by atoms with Crippen LogP contribution in [0.5, 0.6) is 0 Å². The van der Waals surface area contributed by atoms with Gasteiger partial charge in [-0.1, -0.05) is 6.92 Å². The molecule has 2 saturated heterocycles. The van der Waals surface area contributed by atoms with E-state index in [0.29, 0.717) is 0 Å². The molecule has 2 N–H and O–H groups in total. The van der Waals surface area contributed by atoms with Gasteiger partial charge in [-0.15, -0.1) is 0 Å². The van der Waals surface area contributed by atoms with Crippen LogP contribution in [-0.2, 0) is 9.53 Å². The molecule has 8 heteroatoms. The molecule has 0 aromatic carbocycles. The standard InChI is InChI=1S/C20H36N4O4/c1-2-23(15-19(25)26)17-13-16(14-17)21-20(27)24-9-5-18(6-10-24)28-12-11-22-7-3-4-8-22/h16-18H,2-15H2,1H3,(H,21,27)(H,25,26). The van der Waals surface area contributed by atoms with Gasteiger partial charge in [0.05, 0.1) is 19.3 Å². The number of rotatable bonds is 9. The van der Waals surface area contributed by atoms with Gasteiger partial charge < -0.3 is 25.0 Å². The number of ether oxygens (including phenoxy) is 1. The highest BCUT2D eigenvalue weighted by molar-refractivity contribution is 5.74. The highest BCUT2D eigenvalue weighted by atomic mass is 16.5. The number of piperidine rings is 1. The molecule has 0 aromatic rings. The number of hydrogen-bond acceptors (Lipinski definition) is 5. The molecule has 2 heterocycles. The summed E-state index contributed by atoms with van der Waals surface area (Å²) >= 11 is 0. The second-order valence-corrected chi connectivity index (χ2v) is 8.33. The number of likely N-dealkylation sites (N-methyl/N-ethyl adjacent to an activating group) is 1. The Kier molecular flexibility index (Phi) is 7.93. The zero-order valence-electron chi connectivity index (χ0n) is 17.1. The van der Waals surface area contributed by atoms with Crippen LogP contribution < -0.4 is 5.32 Å². The summed E-state index contributed by atoms with van der Waals surface area (Å²) in [6.45, 7) is 8.51. The Bertz CT molecular complexity index is 512. The molecule has 0 unspecified atom stereocenters. The summed E-state index contributed by atoms with van der Waals surface area (Å²) in [6.07, 6.45) is 6.38. The van der Waals surface area contributed by atoms with Crippen LogP contribution in [0.3, 0.4) is 0 Å². The second-order valence-electron chi connectivity index (χ2n) is 8.33. The van der Waals surface area contributed by atoms with E-state index in [-0.39, 0.29) is 30.8 Å². The van der Waals surface area contributed by atoms with Gasteiger partial charge in [-0.2, -0.15) is 0 Å². The largest absolute Gasteiger partial charge is 0.480 e. The maximum atomic E-state index is 12.5. The van der Waals surface area contributed by atoms with Gasteiger partial charge in [0, 0.05) is 31.7 Å². The van der Waals surface area contributed by atoms with Crippen molar-refractivity contribution >= 4 is 12.0 Å². The summed E-state index contributed by atoms with van der Waals surface area (Å²) in [5, 5.41) is 12.1. The van der Waals surface area contributed by atoms with Crippen molar-refractivity contribution in [3.8, 4) is 0 Å². The quantitative estimate of drug-likeness (QED) is 0.609. The maximum absolute atomic E-state index is 12.5. The van der Waals surface area contributed by atoms with Gasteiger partial charge in [-0.3, -0.25) is 9.69 Å². The fourth-order valence-electron chi connectivity index (χ4n) is 4.52. The fraction of sp³-hybridized carbons (Fsp3) is 0.900. The number of carbonyl (C=O) groups excluding carboxylic acids is 1. The molecule has 3 rings (SSSR count). The number of aliphatic carboxylic acids is 1. The van der Waals surface area contributed by atoms with Gasteiger partial charge >= 0.3 is 12.0 Å². The van der Waals surface area contributed by atoms with E-state index in [2.05, 4.69) is 10.2 Å². The minimum Gasteiger partial charge on any atom is -0.480 e. The van der Waals surface area contributed by atoms with Crippen LogP contribution in [0.1, 0.15) is 45.4 Å². The first kappa shape index (κ1) is 21.3. The summed E-state index contributed by atoms with van der Waals surface area (Å²) in [7, 11) is 0. The van der Waals surface area contributed by atoms with E-state index in [4.69, 9.17) is 9.84 Å². The number of nitrogens with zero attached hydrogens (tertiary/aromatic N) is 3. The van der Waals surface area contributed by atoms with Gasteiger partial charge in [-0.25, -0.2) is 4.79 Å². The van der Waals surface area contributed by atoms with Gasteiger partial charge in [-0.05, 0) is 58.2 Å². The average Bonchev–Trinajstić information content (AvgIpc) is 3.16. The fourth-order valence-corrected chi connectivity index (χ4v) is 4.52. The highest BCUT2D eigenvalue weighted by Crippen LogP contribution is 2.26. The number of amides is 2. The SMILES string of the molecule is CCN(CC(=O)O)C1CC(NC(=O)N2CCC(OCCN3CCCC3)CC2)C1. The molecule has 3 fully saturated rings. The molecule has 0 atom stereocenters. The summed E-state index contributed by atoms with van der Waals surface area (Å²) in [5.41, 5.74) is 0. The Morgan fingerprint density at radius 2 is 1.82 bits per heavy atom. The van der Waals surface area contributed by atoms with E-state index < -0.39 is 5.97 Å². The first-order valence-corrected chi connectivity index (χ1v) is 10.9. The number of urea groups is 1. The minimum absolute atomic E-state index is 0.0141. The molecular formula is C20H36N4O4. The van der Waals surface area contributed by atoms with Gasteiger partial charge in [0.2, 0.25) is 0 Å². The Morgan fingerprint density at radius 3 is 2.43 bits per heavy atom. The predicted molar refractivity (Wildman–Crippen MR) is 106 cm³/mol. The maximum Gasteiger partial charge on any atom is 0.317 e. The van der Waals surface area contributed by atoms with Gasteiger partial charge in [0.25, 0.3) is 0 Å². The van der Waals surface area contributed by atoms with Crippen LogP contribution in [0, 0.1) is 0 Å². The van der Waals surface area contributed by atoms with Crippen molar-refractivity contribution in [2.24, 2.45) is 0 Å². The van der Waals surface area contributed by atoms with E-state index in [9.17, 15) is 9.59 Å². The normalized spacial score (nSPS) is 26.4. The lowest BCUT2D eigenvalue weighted by atomic mass is 9.85. The lowest BCUT2D eigenvalue weighted by Gasteiger charge is -2.43. The van der Waals surface area contributed by atoms with Crippen molar-refractivity contribution in [1.29, 1.82) is 0 Å².